The predicted molar refractivity (Wildman–Crippen MR) is 78.1 cm³/mol. The maximum atomic E-state index is 12.2. The number of nitrogens with zero attached hydrogens (tertiary/aromatic N) is 1. The van der Waals surface area contributed by atoms with Gasteiger partial charge < -0.3 is 15.5 Å². The minimum Gasteiger partial charge on any atom is -0.354 e. The molecule has 4 heteroatoms. The fourth-order valence-corrected chi connectivity index (χ4v) is 3.46. The Morgan fingerprint density at radius 1 is 1.26 bits per heavy atom. The number of hydrogen-bond acceptors (Lipinski definition) is 3. The molecule has 110 valence electrons. The molecule has 1 aliphatic carbocycles. The Kier molecular flexibility index (Phi) is 5.22. The summed E-state index contributed by atoms with van der Waals surface area (Å²) in [5.41, 5.74) is 0.190. The molecule has 1 atom stereocenters. The van der Waals surface area contributed by atoms with Gasteiger partial charge in [-0.3, -0.25) is 4.79 Å². The number of piperidine rings is 1. The second kappa shape index (κ2) is 6.71. The summed E-state index contributed by atoms with van der Waals surface area (Å²) < 4.78 is 0. The van der Waals surface area contributed by atoms with Crippen LogP contribution in [0.1, 0.15) is 44.9 Å². The topological polar surface area (TPSA) is 44.4 Å². The van der Waals surface area contributed by atoms with E-state index in [0.717, 1.165) is 32.5 Å². The molecule has 0 spiro atoms. The van der Waals surface area contributed by atoms with Crippen molar-refractivity contribution in [1.29, 1.82) is 0 Å². The van der Waals surface area contributed by atoms with Crippen molar-refractivity contribution in [3.05, 3.63) is 0 Å². The monoisotopic (exact) mass is 267 g/mol. The maximum absolute atomic E-state index is 12.2. The van der Waals surface area contributed by atoms with Crippen LogP contribution in [-0.2, 0) is 4.79 Å². The second-order valence-corrected chi connectivity index (χ2v) is 6.44. The largest absolute Gasteiger partial charge is 0.354 e. The van der Waals surface area contributed by atoms with Gasteiger partial charge in [0, 0.05) is 18.6 Å². The minimum atomic E-state index is 0.177. The zero-order chi connectivity index (χ0) is 13.7. The van der Waals surface area contributed by atoms with Crippen molar-refractivity contribution in [2.45, 2.75) is 50.5 Å². The molecule has 1 amide bonds. The normalized spacial score (nSPS) is 27.2. The fraction of sp³-hybridized carbons (Fsp3) is 0.933. The van der Waals surface area contributed by atoms with Crippen molar-refractivity contribution in [2.24, 2.45) is 5.92 Å². The Bertz CT molecular complexity index is 292. The highest BCUT2D eigenvalue weighted by molar-refractivity contribution is 5.79. The van der Waals surface area contributed by atoms with Crippen LogP contribution in [0.15, 0.2) is 0 Å². The quantitative estimate of drug-likeness (QED) is 0.808. The van der Waals surface area contributed by atoms with Crippen molar-refractivity contribution < 1.29 is 4.79 Å². The molecule has 0 bridgehead atoms. The zero-order valence-corrected chi connectivity index (χ0v) is 12.5. The van der Waals surface area contributed by atoms with Gasteiger partial charge in [0.2, 0.25) is 5.91 Å². The van der Waals surface area contributed by atoms with Gasteiger partial charge in [0.1, 0.15) is 0 Å². The molecule has 2 fully saturated rings. The number of hydrogen-bond donors (Lipinski definition) is 2. The van der Waals surface area contributed by atoms with Crippen molar-refractivity contribution in [1.82, 2.24) is 15.5 Å². The first-order chi connectivity index (χ1) is 9.14. The fourth-order valence-electron chi connectivity index (χ4n) is 3.46. The SMILES string of the molecule is CN(C)C1(CNC(=O)[C@H]2CCCNC2)CCCCC1. The number of carbonyl (C=O) groups excluding carboxylic acids is 1. The summed E-state index contributed by atoms with van der Waals surface area (Å²) in [6.07, 6.45) is 8.51. The van der Waals surface area contributed by atoms with Crippen molar-refractivity contribution in [3.8, 4) is 0 Å². The molecule has 0 aromatic carbocycles. The lowest BCUT2D eigenvalue weighted by Gasteiger charge is -2.43. The van der Waals surface area contributed by atoms with Crippen molar-refractivity contribution >= 4 is 5.91 Å². The number of amides is 1. The number of likely N-dealkylation sites (N-methyl/N-ethyl adjacent to an activating group) is 1. The Labute approximate surface area is 117 Å². The Balaban J connectivity index is 1.86. The maximum Gasteiger partial charge on any atom is 0.224 e. The van der Waals surface area contributed by atoms with Gasteiger partial charge in [-0.25, -0.2) is 0 Å². The van der Waals surface area contributed by atoms with E-state index in [0.29, 0.717) is 0 Å². The summed E-state index contributed by atoms with van der Waals surface area (Å²) in [5.74, 6) is 0.426. The first-order valence-corrected chi connectivity index (χ1v) is 7.80. The molecule has 1 heterocycles. The summed E-state index contributed by atoms with van der Waals surface area (Å²) in [6, 6.07) is 0. The van der Waals surface area contributed by atoms with Crippen LogP contribution in [0.5, 0.6) is 0 Å². The predicted octanol–water partition coefficient (Wildman–Crippen LogP) is 1.37. The molecule has 1 saturated heterocycles. The van der Waals surface area contributed by atoms with Crippen LogP contribution in [-0.4, -0.2) is 50.1 Å². The van der Waals surface area contributed by atoms with Crippen LogP contribution in [0.3, 0.4) is 0 Å². The lowest BCUT2D eigenvalue weighted by molar-refractivity contribution is -0.126. The highest BCUT2D eigenvalue weighted by atomic mass is 16.1. The van der Waals surface area contributed by atoms with Gasteiger partial charge in [0.25, 0.3) is 0 Å². The molecule has 0 radical (unpaired) electrons. The van der Waals surface area contributed by atoms with E-state index >= 15 is 0 Å². The summed E-state index contributed by atoms with van der Waals surface area (Å²) in [7, 11) is 4.30. The van der Waals surface area contributed by atoms with Crippen LogP contribution in [0.4, 0.5) is 0 Å². The van der Waals surface area contributed by atoms with E-state index in [1.54, 1.807) is 0 Å². The Morgan fingerprint density at radius 2 is 2.00 bits per heavy atom. The van der Waals surface area contributed by atoms with Gasteiger partial charge in [-0.15, -0.1) is 0 Å². The average Bonchev–Trinajstić information content (AvgIpc) is 2.46. The van der Waals surface area contributed by atoms with Gasteiger partial charge in [-0.05, 0) is 46.3 Å². The molecule has 4 nitrogen and oxygen atoms in total. The molecular formula is C15H29N3O. The molecule has 19 heavy (non-hydrogen) atoms. The van der Waals surface area contributed by atoms with E-state index in [1.807, 2.05) is 0 Å². The molecule has 2 rings (SSSR count). The summed E-state index contributed by atoms with van der Waals surface area (Å²) in [5, 5.41) is 6.54. The first-order valence-electron chi connectivity index (χ1n) is 7.80. The summed E-state index contributed by atoms with van der Waals surface area (Å²) >= 11 is 0. The number of carbonyl (C=O) groups is 1. The smallest absolute Gasteiger partial charge is 0.224 e. The number of rotatable bonds is 4. The van der Waals surface area contributed by atoms with Crippen LogP contribution >= 0.6 is 0 Å². The third-order valence-corrected chi connectivity index (χ3v) is 4.99. The van der Waals surface area contributed by atoms with Crippen molar-refractivity contribution in [3.63, 3.8) is 0 Å². The molecular weight excluding hydrogens is 238 g/mol. The third-order valence-electron chi connectivity index (χ3n) is 4.99. The minimum absolute atomic E-state index is 0.177. The van der Waals surface area contributed by atoms with Crippen LogP contribution in [0.2, 0.25) is 0 Å². The van der Waals surface area contributed by atoms with E-state index in [9.17, 15) is 4.79 Å². The van der Waals surface area contributed by atoms with Crippen molar-refractivity contribution in [2.75, 3.05) is 33.7 Å². The van der Waals surface area contributed by atoms with E-state index in [-0.39, 0.29) is 17.4 Å². The van der Waals surface area contributed by atoms with E-state index in [2.05, 4.69) is 29.6 Å². The van der Waals surface area contributed by atoms with E-state index in [1.165, 1.54) is 32.1 Å². The molecule has 2 aliphatic rings. The molecule has 2 N–H and O–H groups in total. The van der Waals surface area contributed by atoms with E-state index in [4.69, 9.17) is 0 Å². The van der Waals surface area contributed by atoms with Gasteiger partial charge in [-0.1, -0.05) is 19.3 Å². The molecule has 0 aromatic heterocycles. The van der Waals surface area contributed by atoms with Crippen LogP contribution in [0, 0.1) is 5.92 Å². The summed E-state index contributed by atoms with van der Waals surface area (Å²) in [6.45, 7) is 2.72. The molecule has 0 unspecified atom stereocenters. The van der Waals surface area contributed by atoms with E-state index < -0.39 is 0 Å². The van der Waals surface area contributed by atoms with Crippen LogP contribution < -0.4 is 10.6 Å². The molecule has 1 aliphatic heterocycles. The molecule has 1 saturated carbocycles. The number of nitrogens with one attached hydrogen (secondary N) is 2. The second-order valence-electron chi connectivity index (χ2n) is 6.44. The lowest BCUT2D eigenvalue weighted by Crippen LogP contribution is -2.55. The Hall–Kier alpha value is -0.610. The highest BCUT2D eigenvalue weighted by Crippen LogP contribution is 2.31. The summed E-state index contributed by atoms with van der Waals surface area (Å²) in [4.78, 5) is 14.6. The molecule has 0 aromatic rings. The van der Waals surface area contributed by atoms with Gasteiger partial charge in [0.15, 0.2) is 0 Å². The van der Waals surface area contributed by atoms with Crippen LogP contribution in [0.25, 0.3) is 0 Å². The highest BCUT2D eigenvalue weighted by Gasteiger charge is 2.35. The van der Waals surface area contributed by atoms with Gasteiger partial charge >= 0.3 is 0 Å². The van der Waals surface area contributed by atoms with Gasteiger partial charge in [0.05, 0.1) is 5.92 Å². The van der Waals surface area contributed by atoms with Gasteiger partial charge in [-0.2, -0.15) is 0 Å². The zero-order valence-electron chi connectivity index (χ0n) is 12.5. The average molecular weight is 267 g/mol. The lowest BCUT2D eigenvalue weighted by atomic mass is 9.80. The third kappa shape index (κ3) is 3.69. The standard InChI is InChI=1S/C15H29N3O/c1-18(2)15(8-4-3-5-9-15)12-17-14(19)13-7-6-10-16-11-13/h13,16H,3-12H2,1-2H3,(H,17,19)/t13-/m0/s1. The first kappa shape index (κ1) is 14.8. The Morgan fingerprint density at radius 3 is 2.58 bits per heavy atom.